The number of amides is 1. The zero-order valence-electron chi connectivity index (χ0n) is 16.9. The summed E-state index contributed by atoms with van der Waals surface area (Å²) in [6.07, 6.45) is 13.8. The van der Waals surface area contributed by atoms with Gasteiger partial charge in [-0.05, 0) is 93.5 Å². The number of hydrogen-bond acceptors (Lipinski definition) is 3. The van der Waals surface area contributed by atoms with E-state index < -0.39 is 0 Å². The van der Waals surface area contributed by atoms with Crippen LogP contribution in [-0.4, -0.2) is 36.2 Å². The number of piperidine rings is 1. The van der Waals surface area contributed by atoms with Crippen molar-refractivity contribution in [3.8, 4) is 0 Å². The molecule has 4 nitrogen and oxygen atoms in total. The molecule has 2 aliphatic carbocycles. The second-order valence-electron chi connectivity index (χ2n) is 8.76. The fourth-order valence-corrected chi connectivity index (χ4v) is 5.08. The number of nitrogens with zero attached hydrogens (tertiary/aromatic N) is 1. The standard InChI is InChI=1S/C25H28N2O2/c28-24(16-27-10-4-1-5-11-27)20-8-9-23-21(15-20)22(25(29)26-23)14-17-12-18-6-2-3-7-19(18)13-17/h8-9,12,14-15H,1-7,10-11,13,16H2,(H,26,29). The Morgan fingerprint density at radius 3 is 2.72 bits per heavy atom. The topological polar surface area (TPSA) is 49.4 Å². The lowest BCUT2D eigenvalue weighted by Gasteiger charge is -2.25. The van der Waals surface area contributed by atoms with E-state index in [4.69, 9.17) is 0 Å². The van der Waals surface area contributed by atoms with Crippen LogP contribution in [-0.2, 0) is 4.79 Å². The van der Waals surface area contributed by atoms with Gasteiger partial charge in [-0.2, -0.15) is 0 Å². The third-order valence-corrected chi connectivity index (χ3v) is 6.68. The highest BCUT2D eigenvalue weighted by Gasteiger charge is 2.27. The van der Waals surface area contributed by atoms with Gasteiger partial charge in [0.2, 0.25) is 0 Å². The Bertz CT molecular complexity index is 961. The van der Waals surface area contributed by atoms with Crippen LogP contribution in [0, 0.1) is 0 Å². The molecule has 1 aromatic carbocycles. The van der Waals surface area contributed by atoms with Gasteiger partial charge in [0, 0.05) is 22.4 Å². The SMILES string of the molecule is O=C1Nc2ccc(C(=O)CN3CCCCC3)cc2C1=CC1=CC2=C(CCCC2)C1. The molecule has 5 rings (SSSR count). The number of ketones is 1. The summed E-state index contributed by atoms with van der Waals surface area (Å²) in [6, 6.07) is 5.64. The second-order valence-corrected chi connectivity index (χ2v) is 8.76. The fraction of sp³-hybridized carbons (Fsp3) is 0.440. The molecule has 1 aromatic rings. The van der Waals surface area contributed by atoms with E-state index in [1.165, 1.54) is 56.1 Å². The van der Waals surface area contributed by atoms with E-state index in [-0.39, 0.29) is 11.7 Å². The number of hydrogen-bond donors (Lipinski definition) is 1. The van der Waals surface area contributed by atoms with E-state index in [1.54, 1.807) is 5.57 Å². The number of anilines is 1. The third kappa shape index (κ3) is 3.74. The number of carbonyl (C=O) groups excluding carboxylic acids is 2. The first-order valence-corrected chi connectivity index (χ1v) is 11.0. The summed E-state index contributed by atoms with van der Waals surface area (Å²) in [7, 11) is 0. The largest absolute Gasteiger partial charge is 0.321 e. The first kappa shape index (κ1) is 18.6. The minimum Gasteiger partial charge on any atom is -0.321 e. The highest BCUT2D eigenvalue weighted by Crippen LogP contribution is 2.39. The van der Waals surface area contributed by atoms with E-state index >= 15 is 0 Å². The molecule has 0 aromatic heterocycles. The fourth-order valence-electron chi connectivity index (χ4n) is 5.08. The molecule has 1 fully saturated rings. The Hall–Kier alpha value is -2.46. The van der Waals surface area contributed by atoms with Crippen molar-refractivity contribution >= 4 is 23.0 Å². The summed E-state index contributed by atoms with van der Waals surface area (Å²) in [6.45, 7) is 2.49. The Labute approximate surface area is 172 Å². The molecule has 1 saturated heterocycles. The van der Waals surface area contributed by atoms with E-state index in [9.17, 15) is 9.59 Å². The van der Waals surface area contributed by atoms with E-state index in [2.05, 4.69) is 16.3 Å². The van der Waals surface area contributed by atoms with Crippen molar-refractivity contribution in [2.75, 3.05) is 25.0 Å². The van der Waals surface area contributed by atoms with Crippen LogP contribution in [0.15, 0.2) is 47.1 Å². The lowest BCUT2D eigenvalue weighted by Crippen LogP contribution is -2.34. The zero-order chi connectivity index (χ0) is 19.8. The average Bonchev–Trinajstić information content (AvgIpc) is 3.29. The number of benzene rings is 1. The summed E-state index contributed by atoms with van der Waals surface area (Å²) in [4.78, 5) is 27.7. The van der Waals surface area contributed by atoms with E-state index in [1.807, 2.05) is 24.3 Å². The van der Waals surface area contributed by atoms with Crippen LogP contribution >= 0.6 is 0 Å². The molecule has 150 valence electrons. The zero-order valence-corrected chi connectivity index (χ0v) is 16.9. The summed E-state index contributed by atoms with van der Waals surface area (Å²) in [5.74, 6) is 0.0806. The number of nitrogens with one attached hydrogen (secondary N) is 1. The van der Waals surface area contributed by atoms with Crippen molar-refractivity contribution in [1.29, 1.82) is 0 Å². The third-order valence-electron chi connectivity index (χ3n) is 6.68. The molecule has 1 amide bonds. The minimum atomic E-state index is -0.0635. The summed E-state index contributed by atoms with van der Waals surface area (Å²) >= 11 is 0. The maximum absolute atomic E-state index is 12.8. The van der Waals surface area contributed by atoms with Gasteiger partial charge in [-0.1, -0.05) is 18.1 Å². The van der Waals surface area contributed by atoms with Crippen molar-refractivity contribution in [1.82, 2.24) is 4.90 Å². The van der Waals surface area contributed by atoms with Gasteiger partial charge in [0.1, 0.15) is 0 Å². The van der Waals surface area contributed by atoms with Crippen LogP contribution in [0.1, 0.15) is 67.3 Å². The smallest absolute Gasteiger partial charge is 0.256 e. The predicted octanol–water partition coefficient (Wildman–Crippen LogP) is 4.89. The monoisotopic (exact) mass is 388 g/mol. The molecule has 0 bridgehead atoms. The maximum atomic E-state index is 12.8. The van der Waals surface area contributed by atoms with Gasteiger partial charge in [-0.25, -0.2) is 0 Å². The number of likely N-dealkylation sites (tertiary alicyclic amines) is 1. The van der Waals surface area contributed by atoms with Crippen LogP contribution < -0.4 is 5.32 Å². The molecule has 1 N–H and O–H groups in total. The molecule has 0 atom stereocenters. The number of allylic oxidation sites excluding steroid dienone is 5. The molecule has 0 saturated carbocycles. The lowest BCUT2D eigenvalue weighted by atomic mass is 9.93. The van der Waals surface area contributed by atoms with Crippen LogP contribution in [0.4, 0.5) is 5.69 Å². The van der Waals surface area contributed by atoms with E-state index in [0.29, 0.717) is 17.7 Å². The van der Waals surface area contributed by atoms with Crippen LogP contribution in [0.3, 0.4) is 0 Å². The van der Waals surface area contributed by atoms with Crippen LogP contribution in [0.25, 0.3) is 5.57 Å². The highest BCUT2D eigenvalue weighted by molar-refractivity contribution is 6.32. The highest BCUT2D eigenvalue weighted by atomic mass is 16.2. The Balaban J connectivity index is 1.38. The van der Waals surface area contributed by atoms with Crippen LogP contribution in [0.5, 0.6) is 0 Å². The van der Waals surface area contributed by atoms with Gasteiger partial charge in [-0.15, -0.1) is 0 Å². The number of fused-ring (bicyclic) bond motifs is 1. The minimum absolute atomic E-state index is 0.0635. The summed E-state index contributed by atoms with van der Waals surface area (Å²) in [5, 5.41) is 2.96. The quantitative estimate of drug-likeness (QED) is 0.590. The first-order valence-electron chi connectivity index (χ1n) is 11.0. The van der Waals surface area contributed by atoms with E-state index in [0.717, 1.165) is 30.8 Å². The number of Topliss-reactive ketones (excluding diaryl/α,β-unsaturated/α-hetero) is 1. The van der Waals surface area contributed by atoms with Gasteiger partial charge in [0.25, 0.3) is 5.91 Å². The molecule has 4 heteroatoms. The van der Waals surface area contributed by atoms with Gasteiger partial charge < -0.3 is 5.32 Å². The van der Waals surface area contributed by atoms with Gasteiger partial charge in [-0.3, -0.25) is 14.5 Å². The molecule has 4 aliphatic rings. The lowest BCUT2D eigenvalue weighted by molar-refractivity contribution is -0.110. The van der Waals surface area contributed by atoms with Gasteiger partial charge >= 0.3 is 0 Å². The molecule has 2 heterocycles. The van der Waals surface area contributed by atoms with Crippen molar-refractivity contribution in [3.63, 3.8) is 0 Å². The van der Waals surface area contributed by atoms with Gasteiger partial charge in [0.15, 0.2) is 5.78 Å². The molecular weight excluding hydrogens is 360 g/mol. The summed E-state index contributed by atoms with van der Waals surface area (Å²) in [5.41, 5.74) is 7.32. The first-order chi connectivity index (χ1) is 14.2. The van der Waals surface area contributed by atoms with Crippen molar-refractivity contribution in [2.45, 2.75) is 51.4 Å². The maximum Gasteiger partial charge on any atom is 0.256 e. The normalized spacial score (nSPS) is 23.1. The Morgan fingerprint density at radius 2 is 1.90 bits per heavy atom. The van der Waals surface area contributed by atoms with Crippen molar-refractivity contribution in [2.24, 2.45) is 0 Å². The average molecular weight is 389 g/mol. The number of carbonyl (C=O) groups is 2. The predicted molar refractivity (Wildman–Crippen MR) is 116 cm³/mol. The van der Waals surface area contributed by atoms with Gasteiger partial charge in [0.05, 0.1) is 6.54 Å². The molecule has 0 unspecified atom stereocenters. The second kappa shape index (κ2) is 7.75. The molecular formula is C25H28N2O2. The summed E-state index contributed by atoms with van der Waals surface area (Å²) < 4.78 is 0. The van der Waals surface area contributed by atoms with Crippen molar-refractivity contribution in [3.05, 3.63) is 58.2 Å². The molecule has 0 spiro atoms. The molecule has 0 radical (unpaired) electrons. The van der Waals surface area contributed by atoms with Crippen molar-refractivity contribution < 1.29 is 9.59 Å². The Kier molecular flexibility index (Phi) is 4.96. The molecule has 29 heavy (non-hydrogen) atoms. The molecule has 2 aliphatic heterocycles. The van der Waals surface area contributed by atoms with Crippen LogP contribution in [0.2, 0.25) is 0 Å². The Morgan fingerprint density at radius 1 is 1.07 bits per heavy atom. The number of rotatable bonds is 4.